The third-order valence-electron chi connectivity index (χ3n) is 1.24. The van der Waals surface area contributed by atoms with E-state index in [0.717, 1.165) is 0 Å². The Morgan fingerprint density at radius 1 is 1.62 bits per heavy atom. The molecule has 0 aromatic heterocycles. The van der Waals surface area contributed by atoms with Gasteiger partial charge in [-0.2, -0.15) is 5.26 Å². The maximum atomic E-state index is 8.80. The Bertz CT molecular complexity index is 93.2. The molecule has 0 aliphatic heterocycles. The lowest BCUT2D eigenvalue weighted by Gasteiger charge is -2.08. The summed E-state index contributed by atoms with van der Waals surface area (Å²) in [4.78, 5) is 0. The molecule has 2 nitrogen and oxygen atoms in total. The first-order valence-electron chi connectivity index (χ1n) is 2.73. The molecule has 2 unspecified atom stereocenters. The van der Waals surface area contributed by atoms with Crippen LogP contribution in [0.4, 0.5) is 0 Å². The van der Waals surface area contributed by atoms with E-state index >= 15 is 0 Å². The van der Waals surface area contributed by atoms with E-state index in [2.05, 4.69) is 0 Å². The molecule has 1 N–H and O–H groups in total. The summed E-state index contributed by atoms with van der Waals surface area (Å²) in [5.41, 5.74) is 0. The largest absolute Gasteiger partial charge is 0.393 e. The van der Waals surface area contributed by atoms with E-state index in [1.807, 2.05) is 13.0 Å². The fourth-order valence-corrected chi connectivity index (χ4v) is 0.315. The van der Waals surface area contributed by atoms with Gasteiger partial charge in [0.15, 0.2) is 0 Å². The van der Waals surface area contributed by atoms with Crippen LogP contribution in [0.25, 0.3) is 0 Å². The maximum Gasteiger partial charge on any atom is 0.0625 e. The van der Waals surface area contributed by atoms with Gasteiger partial charge in [-0.25, -0.2) is 0 Å². The number of aliphatic hydroxyl groups excluding tert-OH is 1. The monoisotopic (exact) mass is 113 g/mol. The first-order chi connectivity index (χ1) is 3.68. The molecule has 0 amide bonds. The number of hydrogen-bond acceptors (Lipinski definition) is 2. The van der Waals surface area contributed by atoms with Crippen LogP contribution in [0, 0.1) is 17.2 Å². The summed E-state index contributed by atoms with van der Waals surface area (Å²) < 4.78 is 0. The zero-order valence-electron chi connectivity index (χ0n) is 5.26. The molecule has 0 heterocycles. The summed E-state index contributed by atoms with van der Waals surface area (Å²) in [7, 11) is 0. The van der Waals surface area contributed by atoms with Crippen molar-refractivity contribution in [3.05, 3.63) is 0 Å². The molecule has 0 saturated carbocycles. The first kappa shape index (κ1) is 7.45. The summed E-state index contributed by atoms with van der Waals surface area (Å²) in [6.45, 7) is 3.55. The van der Waals surface area contributed by atoms with Gasteiger partial charge < -0.3 is 5.11 Å². The van der Waals surface area contributed by atoms with Gasteiger partial charge in [-0.05, 0) is 12.8 Å². The van der Waals surface area contributed by atoms with E-state index in [1.165, 1.54) is 0 Å². The van der Waals surface area contributed by atoms with Gasteiger partial charge in [-0.3, -0.25) is 0 Å². The van der Waals surface area contributed by atoms with Crippen molar-refractivity contribution < 1.29 is 5.11 Å². The molecule has 2 atom stereocenters. The number of aliphatic hydroxyl groups is 1. The van der Waals surface area contributed by atoms with Crippen molar-refractivity contribution in [3.8, 4) is 6.07 Å². The van der Waals surface area contributed by atoms with Crippen molar-refractivity contribution in [2.75, 3.05) is 0 Å². The van der Waals surface area contributed by atoms with Crippen molar-refractivity contribution in [2.45, 2.75) is 26.4 Å². The minimum absolute atomic E-state index is 0.111. The highest BCUT2D eigenvalue weighted by atomic mass is 16.3. The van der Waals surface area contributed by atoms with Crippen molar-refractivity contribution in [2.24, 2.45) is 5.92 Å². The smallest absolute Gasteiger partial charge is 0.0625 e. The van der Waals surface area contributed by atoms with Crippen LogP contribution >= 0.6 is 0 Å². The van der Waals surface area contributed by atoms with Crippen LogP contribution in [0.5, 0.6) is 0 Å². The Morgan fingerprint density at radius 2 is 2.12 bits per heavy atom. The maximum absolute atomic E-state index is 8.80. The van der Waals surface area contributed by atoms with Crippen LogP contribution in [0.1, 0.15) is 20.3 Å². The lowest BCUT2D eigenvalue weighted by Crippen LogP contribution is -2.11. The first-order valence-corrected chi connectivity index (χ1v) is 2.73. The molecule has 0 aliphatic rings. The topological polar surface area (TPSA) is 44.0 Å². The number of rotatable bonds is 2. The van der Waals surface area contributed by atoms with Crippen LogP contribution in [0.2, 0.25) is 0 Å². The van der Waals surface area contributed by atoms with Gasteiger partial charge in [0.25, 0.3) is 0 Å². The van der Waals surface area contributed by atoms with Gasteiger partial charge in [0.2, 0.25) is 0 Å². The zero-order chi connectivity index (χ0) is 6.57. The van der Waals surface area contributed by atoms with E-state index in [-0.39, 0.29) is 12.0 Å². The third-order valence-corrected chi connectivity index (χ3v) is 1.24. The van der Waals surface area contributed by atoms with E-state index in [0.29, 0.717) is 6.42 Å². The normalized spacial score (nSPS) is 16.8. The zero-order valence-corrected chi connectivity index (χ0v) is 5.26. The molecule has 0 spiro atoms. The summed E-state index contributed by atoms with van der Waals surface area (Å²) in [5, 5.41) is 16.9. The molecular formula is C6H11NO. The Morgan fingerprint density at radius 3 is 2.25 bits per heavy atom. The summed E-state index contributed by atoms with van der Waals surface area (Å²) in [6.07, 6.45) is 0.0900. The molecular weight excluding hydrogens is 102 g/mol. The average molecular weight is 113 g/mol. The molecule has 0 aliphatic carbocycles. The van der Waals surface area contributed by atoms with Crippen LogP contribution < -0.4 is 0 Å². The minimum atomic E-state index is -0.352. The van der Waals surface area contributed by atoms with E-state index < -0.39 is 0 Å². The minimum Gasteiger partial charge on any atom is -0.393 e. The second-order valence-electron chi connectivity index (χ2n) is 2.08. The highest BCUT2D eigenvalue weighted by Crippen LogP contribution is 2.04. The van der Waals surface area contributed by atoms with Gasteiger partial charge in [0.1, 0.15) is 0 Å². The Balaban J connectivity index is 3.35. The molecule has 0 bridgehead atoms. The van der Waals surface area contributed by atoms with E-state index in [1.54, 1.807) is 6.92 Å². The lowest BCUT2D eigenvalue weighted by molar-refractivity contribution is 0.137. The Labute approximate surface area is 49.8 Å². The number of nitrogens with zero attached hydrogens (tertiary/aromatic N) is 1. The number of nitriles is 1. The second-order valence-corrected chi connectivity index (χ2v) is 2.08. The predicted octanol–water partition coefficient (Wildman–Crippen LogP) is 0.917. The Kier molecular flexibility index (Phi) is 3.21. The molecule has 46 valence electrons. The van der Waals surface area contributed by atoms with Crippen LogP contribution in [-0.2, 0) is 0 Å². The van der Waals surface area contributed by atoms with E-state index in [9.17, 15) is 0 Å². The molecule has 8 heavy (non-hydrogen) atoms. The van der Waals surface area contributed by atoms with Gasteiger partial charge in [0.05, 0.1) is 12.2 Å². The second kappa shape index (κ2) is 3.45. The van der Waals surface area contributed by atoms with Crippen molar-refractivity contribution >= 4 is 0 Å². The van der Waals surface area contributed by atoms with Crippen molar-refractivity contribution in [3.63, 3.8) is 0 Å². The van der Waals surface area contributed by atoms with Crippen LogP contribution in [0.3, 0.4) is 0 Å². The van der Waals surface area contributed by atoms with Gasteiger partial charge in [-0.15, -0.1) is 0 Å². The molecule has 0 radical (unpaired) electrons. The third kappa shape index (κ3) is 2.59. The quantitative estimate of drug-likeness (QED) is 0.578. The molecule has 0 aromatic rings. The molecule has 0 aromatic carbocycles. The van der Waals surface area contributed by atoms with Crippen molar-refractivity contribution in [1.29, 1.82) is 5.26 Å². The highest BCUT2D eigenvalue weighted by Gasteiger charge is 2.05. The lowest BCUT2D eigenvalue weighted by atomic mass is 10.0. The number of hydrogen-bond donors (Lipinski definition) is 1. The van der Waals surface area contributed by atoms with Crippen LogP contribution in [0.15, 0.2) is 0 Å². The van der Waals surface area contributed by atoms with Gasteiger partial charge in [0, 0.05) is 6.42 Å². The molecule has 0 rings (SSSR count). The highest BCUT2D eigenvalue weighted by molar-refractivity contribution is 4.75. The Hall–Kier alpha value is -0.550. The predicted molar refractivity (Wildman–Crippen MR) is 31.1 cm³/mol. The standard InChI is InChI=1S/C6H11NO/c1-5(3-4-7)6(2)8/h5-6,8H,3H2,1-2H3. The van der Waals surface area contributed by atoms with Crippen molar-refractivity contribution in [1.82, 2.24) is 0 Å². The average Bonchev–Trinajstić information content (AvgIpc) is 1.67. The summed E-state index contributed by atoms with van der Waals surface area (Å²) >= 11 is 0. The van der Waals surface area contributed by atoms with Gasteiger partial charge in [-0.1, -0.05) is 6.92 Å². The fourth-order valence-electron chi connectivity index (χ4n) is 0.315. The van der Waals surface area contributed by atoms with Gasteiger partial charge >= 0.3 is 0 Å². The SMILES string of the molecule is CC(O)C(C)CC#N. The molecule has 0 saturated heterocycles. The van der Waals surface area contributed by atoms with Crippen LogP contribution in [-0.4, -0.2) is 11.2 Å². The van der Waals surface area contributed by atoms with E-state index in [4.69, 9.17) is 10.4 Å². The fraction of sp³-hybridized carbons (Fsp3) is 0.833. The molecule has 0 fully saturated rings. The molecule has 2 heteroatoms. The summed E-state index contributed by atoms with van der Waals surface area (Å²) in [6, 6.07) is 1.99. The summed E-state index contributed by atoms with van der Waals surface area (Å²) in [5.74, 6) is 0.111.